The summed E-state index contributed by atoms with van der Waals surface area (Å²) in [6.45, 7) is 2.07. The van der Waals surface area contributed by atoms with Gasteiger partial charge in [-0.2, -0.15) is 0 Å². The maximum atomic E-state index is 6.02. The average molecular weight is 300 g/mol. The predicted molar refractivity (Wildman–Crippen MR) is 91.8 cm³/mol. The van der Waals surface area contributed by atoms with Gasteiger partial charge in [-0.3, -0.25) is 0 Å². The van der Waals surface area contributed by atoms with Gasteiger partial charge in [-0.1, -0.05) is 31.0 Å². The number of thioether (sulfide) groups is 1. The Hall–Kier alpha value is -1.06. The standard InChI is InChI=1S/C18H24N2S/c1-13(19)10-16-11-15-8-4-5-9-17(15)20-18(16)21-12-14-6-2-3-7-14/h4-5,8-9,11,13-14H,2-3,6-7,10,12,19H2,1H3. The SMILES string of the molecule is CC(N)Cc1cc2ccccc2nc1SCC1CCCC1. The molecule has 1 aromatic carbocycles. The first-order valence-corrected chi connectivity index (χ1v) is 8.98. The van der Waals surface area contributed by atoms with E-state index in [1.165, 1.54) is 47.4 Å². The highest BCUT2D eigenvalue weighted by Crippen LogP contribution is 2.32. The summed E-state index contributed by atoms with van der Waals surface area (Å²) in [5.41, 5.74) is 8.43. The number of aromatic nitrogens is 1. The topological polar surface area (TPSA) is 38.9 Å². The molecule has 1 aromatic heterocycles. The van der Waals surface area contributed by atoms with Crippen LogP contribution in [-0.4, -0.2) is 16.8 Å². The third-order valence-corrected chi connectivity index (χ3v) is 5.50. The van der Waals surface area contributed by atoms with E-state index < -0.39 is 0 Å². The molecule has 1 aliphatic rings. The van der Waals surface area contributed by atoms with Gasteiger partial charge >= 0.3 is 0 Å². The number of hydrogen-bond acceptors (Lipinski definition) is 3. The molecule has 2 N–H and O–H groups in total. The Kier molecular flexibility index (Phi) is 4.81. The van der Waals surface area contributed by atoms with Crippen LogP contribution in [0.1, 0.15) is 38.2 Å². The summed E-state index contributed by atoms with van der Waals surface area (Å²) >= 11 is 1.93. The molecule has 0 spiro atoms. The van der Waals surface area contributed by atoms with Crippen molar-refractivity contribution in [3.05, 3.63) is 35.9 Å². The van der Waals surface area contributed by atoms with Crippen LogP contribution in [0, 0.1) is 5.92 Å². The van der Waals surface area contributed by atoms with E-state index in [4.69, 9.17) is 10.7 Å². The fourth-order valence-electron chi connectivity index (χ4n) is 3.13. The van der Waals surface area contributed by atoms with Gasteiger partial charge in [0.1, 0.15) is 0 Å². The lowest BCUT2D eigenvalue weighted by Gasteiger charge is -2.14. The molecule has 2 aromatic rings. The van der Waals surface area contributed by atoms with Crippen LogP contribution in [0.4, 0.5) is 0 Å². The van der Waals surface area contributed by atoms with Gasteiger partial charge in [-0.05, 0) is 49.8 Å². The molecule has 0 radical (unpaired) electrons. The van der Waals surface area contributed by atoms with E-state index >= 15 is 0 Å². The van der Waals surface area contributed by atoms with E-state index in [0.717, 1.165) is 17.9 Å². The van der Waals surface area contributed by atoms with Gasteiger partial charge < -0.3 is 5.73 Å². The number of para-hydroxylation sites is 1. The molecule has 112 valence electrons. The third kappa shape index (κ3) is 3.78. The van der Waals surface area contributed by atoms with Crippen molar-refractivity contribution in [2.45, 2.75) is 50.1 Å². The first-order chi connectivity index (χ1) is 10.2. The summed E-state index contributed by atoms with van der Waals surface area (Å²) < 4.78 is 0. The second-order valence-corrected chi connectivity index (χ2v) is 7.30. The number of benzene rings is 1. The number of pyridine rings is 1. The molecule has 21 heavy (non-hydrogen) atoms. The first kappa shape index (κ1) is 14.9. The van der Waals surface area contributed by atoms with Crippen LogP contribution in [0.2, 0.25) is 0 Å². The second kappa shape index (κ2) is 6.80. The Morgan fingerprint density at radius 1 is 1.29 bits per heavy atom. The third-order valence-electron chi connectivity index (χ3n) is 4.24. The minimum absolute atomic E-state index is 0.179. The summed E-state index contributed by atoms with van der Waals surface area (Å²) in [4.78, 5) is 4.90. The van der Waals surface area contributed by atoms with Crippen LogP contribution < -0.4 is 5.73 Å². The summed E-state index contributed by atoms with van der Waals surface area (Å²) in [5, 5.41) is 2.41. The van der Waals surface area contributed by atoms with Crippen LogP contribution in [0.25, 0.3) is 10.9 Å². The number of nitrogens with zero attached hydrogens (tertiary/aromatic N) is 1. The molecular weight excluding hydrogens is 276 g/mol. The summed E-state index contributed by atoms with van der Waals surface area (Å²) in [7, 11) is 0. The number of nitrogens with two attached hydrogens (primary N) is 1. The molecule has 0 bridgehead atoms. The lowest BCUT2D eigenvalue weighted by molar-refractivity contribution is 0.622. The lowest BCUT2D eigenvalue weighted by Crippen LogP contribution is -2.18. The molecular formula is C18H24N2S. The van der Waals surface area contributed by atoms with E-state index in [-0.39, 0.29) is 6.04 Å². The molecule has 2 nitrogen and oxygen atoms in total. The van der Waals surface area contributed by atoms with Crippen LogP contribution in [0.5, 0.6) is 0 Å². The van der Waals surface area contributed by atoms with E-state index in [2.05, 4.69) is 37.3 Å². The molecule has 1 saturated carbocycles. The Morgan fingerprint density at radius 2 is 2.05 bits per heavy atom. The molecule has 1 unspecified atom stereocenters. The quantitative estimate of drug-likeness (QED) is 0.831. The second-order valence-electron chi connectivity index (χ2n) is 6.29. The van der Waals surface area contributed by atoms with E-state index in [1.807, 2.05) is 11.8 Å². The molecule has 3 rings (SSSR count). The van der Waals surface area contributed by atoms with Gasteiger partial charge in [0.15, 0.2) is 0 Å². The zero-order valence-electron chi connectivity index (χ0n) is 12.7. The van der Waals surface area contributed by atoms with Crippen molar-refractivity contribution in [2.75, 3.05) is 5.75 Å². The van der Waals surface area contributed by atoms with Crippen molar-refractivity contribution in [3.63, 3.8) is 0 Å². The minimum Gasteiger partial charge on any atom is -0.328 e. The van der Waals surface area contributed by atoms with Gasteiger partial charge in [0.2, 0.25) is 0 Å². The Labute approximate surface area is 131 Å². The van der Waals surface area contributed by atoms with E-state index in [1.54, 1.807) is 0 Å². The maximum absolute atomic E-state index is 6.02. The van der Waals surface area contributed by atoms with Crippen molar-refractivity contribution in [3.8, 4) is 0 Å². The molecule has 1 heterocycles. The molecule has 0 amide bonds. The van der Waals surface area contributed by atoms with Gasteiger partial charge in [-0.25, -0.2) is 4.98 Å². The highest BCUT2D eigenvalue weighted by atomic mass is 32.2. The molecule has 1 aliphatic carbocycles. The Balaban J connectivity index is 1.85. The van der Waals surface area contributed by atoms with Crippen molar-refractivity contribution in [1.82, 2.24) is 4.98 Å². The molecule has 0 saturated heterocycles. The maximum Gasteiger partial charge on any atom is 0.1000 e. The first-order valence-electron chi connectivity index (χ1n) is 7.99. The number of hydrogen-bond donors (Lipinski definition) is 1. The van der Waals surface area contributed by atoms with Gasteiger partial charge in [0.25, 0.3) is 0 Å². The molecule has 1 atom stereocenters. The minimum atomic E-state index is 0.179. The summed E-state index contributed by atoms with van der Waals surface area (Å²) in [6, 6.07) is 10.8. The van der Waals surface area contributed by atoms with Crippen LogP contribution in [-0.2, 0) is 6.42 Å². The van der Waals surface area contributed by atoms with Crippen molar-refractivity contribution < 1.29 is 0 Å². The van der Waals surface area contributed by atoms with Gasteiger partial charge in [0.05, 0.1) is 10.5 Å². The van der Waals surface area contributed by atoms with E-state index in [9.17, 15) is 0 Å². The molecule has 1 fully saturated rings. The Bertz CT molecular complexity index is 603. The monoisotopic (exact) mass is 300 g/mol. The number of fused-ring (bicyclic) bond motifs is 1. The van der Waals surface area contributed by atoms with Gasteiger partial charge in [-0.15, -0.1) is 11.8 Å². The summed E-state index contributed by atoms with van der Waals surface area (Å²) in [6.07, 6.45) is 6.50. The zero-order valence-corrected chi connectivity index (χ0v) is 13.5. The van der Waals surface area contributed by atoms with Crippen LogP contribution in [0.3, 0.4) is 0 Å². The van der Waals surface area contributed by atoms with Crippen LogP contribution in [0.15, 0.2) is 35.4 Å². The van der Waals surface area contributed by atoms with Crippen molar-refractivity contribution >= 4 is 22.7 Å². The lowest BCUT2D eigenvalue weighted by atomic mass is 10.1. The van der Waals surface area contributed by atoms with Crippen molar-refractivity contribution in [1.29, 1.82) is 0 Å². The van der Waals surface area contributed by atoms with Gasteiger partial charge in [0, 0.05) is 17.2 Å². The predicted octanol–water partition coefficient (Wildman–Crippen LogP) is 4.41. The van der Waals surface area contributed by atoms with E-state index in [0.29, 0.717) is 0 Å². The largest absolute Gasteiger partial charge is 0.328 e. The highest BCUT2D eigenvalue weighted by molar-refractivity contribution is 7.99. The summed E-state index contributed by atoms with van der Waals surface area (Å²) in [5.74, 6) is 2.09. The smallest absolute Gasteiger partial charge is 0.1000 e. The van der Waals surface area contributed by atoms with Crippen LogP contribution >= 0.6 is 11.8 Å². The normalized spacial score (nSPS) is 17.4. The fraction of sp³-hybridized carbons (Fsp3) is 0.500. The molecule has 3 heteroatoms. The average Bonchev–Trinajstić information content (AvgIpc) is 2.97. The van der Waals surface area contributed by atoms with Crippen molar-refractivity contribution in [2.24, 2.45) is 11.7 Å². The number of rotatable bonds is 5. The highest BCUT2D eigenvalue weighted by Gasteiger charge is 2.17. The Morgan fingerprint density at radius 3 is 2.81 bits per heavy atom. The molecule has 0 aliphatic heterocycles. The zero-order chi connectivity index (χ0) is 14.7. The fourth-order valence-corrected chi connectivity index (χ4v) is 4.35.